The highest BCUT2D eigenvalue weighted by molar-refractivity contribution is 7.89. The van der Waals surface area contributed by atoms with Crippen molar-refractivity contribution in [3.63, 3.8) is 0 Å². The highest BCUT2D eigenvalue weighted by atomic mass is 35.5. The van der Waals surface area contributed by atoms with Gasteiger partial charge >= 0.3 is 0 Å². The van der Waals surface area contributed by atoms with Crippen LogP contribution in [0, 0.1) is 0 Å². The third-order valence-corrected chi connectivity index (χ3v) is 4.64. The molecule has 0 bridgehead atoms. The van der Waals surface area contributed by atoms with Crippen molar-refractivity contribution >= 4 is 44.8 Å². The first-order chi connectivity index (χ1) is 8.28. The molecule has 0 saturated carbocycles. The minimum absolute atomic E-state index is 0.0157. The summed E-state index contributed by atoms with van der Waals surface area (Å²) in [6, 6.07) is 4.15. The lowest BCUT2D eigenvalue weighted by atomic mass is 10.3. The van der Waals surface area contributed by atoms with Crippen LogP contribution in [0.5, 0.6) is 0 Å². The van der Waals surface area contributed by atoms with Crippen LogP contribution >= 0.6 is 23.2 Å². The van der Waals surface area contributed by atoms with Gasteiger partial charge in [-0.25, -0.2) is 12.7 Å². The summed E-state index contributed by atoms with van der Waals surface area (Å²) >= 11 is 11.2. The van der Waals surface area contributed by atoms with Crippen LogP contribution in [0.4, 0.5) is 5.69 Å². The third-order valence-electron chi connectivity index (χ3n) is 2.10. The average Bonchev–Trinajstić information content (AvgIpc) is 2.28. The van der Waals surface area contributed by atoms with Crippen LogP contribution in [-0.4, -0.2) is 38.6 Å². The van der Waals surface area contributed by atoms with Crippen molar-refractivity contribution < 1.29 is 13.2 Å². The number of alkyl halides is 1. The number of anilines is 1. The van der Waals surface area contributed by atoms with E-state index in [1.54, 1.807) is 0 Å². The summed E-state index contributed by atoms with van der Waals surface area (Å²) in [5.74, 6) is -0.578. The maximum Gasteiger partial charge on any atom is 0.244 e. The van der Waals surface area contributed by atoms with Crippen molar-refractivity contribution in [2.24, 2.45) is 0 Å². The minimum atomic E-state index is -3.60. The molecule has 0 spiro atoms. The Bertz CT molecular complexity index is 558. The van der Waals surface area contributed by atoms with E-state index in [9.17, 15) is 13.2 Å². The molecule has 1 N–H and O–H groups in total. The smallest absolute Gasteiger partial charge is 0.244 e. The fourth-order valence-corrected chi connectivity index (χ4v) is 2.66. The number of hydrogen-bond donors (Lipinski definition) is 1. The number of rotatable bonds is 4. The Morgan fingerprint density at radius 1 is 1.39 bits per heavy atom. The first-order valence-electron chi connectivity index (χ1n) is 4.87. The second kappa shape index (κ2) is 5.88. The molecule has 1 aromatic rings. The summed E-state index contributed by atoms with van der Waals surface area (Å²) < 4.78 is 24.8. The van der Waals surface area contributed by atoms with E-state index in [1.807, 2.05) is 0 Å². The predicted molar refractivity (Wildman–Crippen MR) is 71.7 cm³/mol. The molecular weight excluding hydrogens is 299 g/mol. The predicted octanol–water partition coefficient (Wildman–Crippen LogP) is 1.77. The van der Waals surface area contributed by atoms with Crippen molar-refractivity contribution in [1.82, 2.24) is 4.31 Å². The van der Waals surface area contributed by atoms with Gasteiger partial charge < -0.3 is 5.32 Å². The average molecular weight is 311 g/mol. The molecule has 0 fully saturated rings. The first-order valence-corrected chi connectivity index (χ1v) is 7.22. The second-order valence-electron chi connectivity index (χ2n) is 3.61. The fourth-order valence-electron chi connectivity index (χ4n) is 1.18. The fraction of sp³-hybridized carbons (Fsp3) is 0.300. The van der Waals surface area contributed by atoms with Gasteiger partial charge in [0.2, 0.25) is 15.9 Å². The number of benzene rings is 1. The number of carbonyl (C=O) groups excluding carboxylic acids is 1. The van der Waals surface area contributed by atoms with E-state index in [-0.39, 0.29) is 15.8 Å². The van der Waals surface area contributed by atoms with E-state index in [0.717, 1.165) is 4.31 Å². The minimum Gasteiger partial charge on any atom is -0.325 e. The monoisotopic (exact) mass is 310 g/mol. The molecular formula is C10H12Cl2N2O3S. The zero-order valence-electron chi connectivity index (χ0n) is 9.78. The van der Waals surface area contributed by atoms with E-state index in [0.29, 0.717) is 5.69 Å². The van der Waals surface area contributed by atoms with Crippen LogP contribution in [0.3, 0.4) is 0 Å². The molecule has 100 valence electrons. The molecule has 0 radical (unpaired) electrons. The molecule has 8 heteroatoms. The van der Waals surface area contributed by atoms with Crippen molar-refractivity contribution in [2.75, 3.05) is 25.3 Å². The van der Waals surface area contributed by atoms with Gasteiger partial charge in [-0.3, -0.25) is 4.79 Å². The Morgan fingerprint density at radius 3 is 2.44 bits per heavy atom. The lowest BCUT2D eigenvalue weighted by Crippen LogP contribution is -2.22. The summed E-state index contributed by atoms with van der Waals surface area (Å²) in [6.07, 6.45) is 0. The molecule has 0 saturated heterocycles. The molecule has 0 aliphatic heterocycles. The number of nitrogens with one attached hydrogen (secondary N) is 1. The van der Waals surface area contributed by atoms with Gasteiger partial charge in [0, 0.05) is 19.8 Å². The Balaban J connectivity index is 3.11. The topological polar surface area (TPSA) is 66.5 Å². The number of hydrogen-bond acceptors (Lipinski definition) is 3. The van der Waals surface area contributed by atoms with Crippen LogP contribution in [0.25, 0.3) is 0 Å². The molecule has 0 aliphatic rings. The molecule has 18 heavy (non-hydrogen) atoms. The van der Waals surface area contributed by atoms with Gasteiger partial charge in [0.25, 0.3) is 0 Å². The van der Waals surface area contributed by atoms with Gasteiger partial charge in [0.1, 0.15) is 10.8 Å². The highest BCUT2D eigenvalue weighted by Gasteiger charge is 2.20. The molecule has 0 heterocycles. The quantitative estimate of drug-likeness (QED) is 0.862. The molecule has 5 nitrogen and oxygen atoms in total. The van der Waals surface area contributed by atoms with Crippen LogP contribution in [-0.2, 0) is 14.8 Å². The molecule has 0 atom stereocenters. The van der Waals surface area contributed by atoms with E-state index in [1.165, 1.54) is 32.3 Å². The summed E-state index contributed by atoms with van der Waals surface area (Å²) in [5.41, 5.74) is 0.392. The largest absolute Gasteiger partial charge is 0.325 e. The zero-order valence-corrected chi connectivity index (χ0v) is 12.1. The van der Waals surface area contributed by atoms with Crippen molar-refractivity contribution in [3.05, 3.63) is 23.2 Å². The van der Waals surface area contributed by atoms with Crippen molar-refractivity contribution in [2.45, 2.75) is 4.90 Å². The Kier molecular flexibility index (Phi) is 4.98. The molecule has 1 aromatic carbocycles. The van der Waals surface area contributed by atoms with Gasteiger partial charge in [0.05, 0.1) is 5.02 Å². The van der Waals surface area contributed by atoms with E-state index < -0.39 is 15.9 Å². The van der Waals surface area contributed by atoms with Gasteiger partial charge in [-0.2, -0.15) is 0 Å². The van der Waals surface area contributed by atoms with Gasteiger partial charge in [-0.1, -0.05) is 11.6 Å². The van der Waals surface area contributed by atoms with Gasteiger partial charge in [-0.05, 0) is 18.2 Å². The summed E-state index contributed by atoms with van der Waals surface area (Å²) in [7, 11) is -0.773. The lowest BCUT2D eigenvalue weighted by molar-refractivity contribution is -0.113. The van der Waals surface area contributed by atoms with E-state index in [2.05, 4.69) is 5.32 Å². The third kappa shape index (κ3) is 3.35. The Hall–Kier alpha value is -0.820. The molecule has 1 amide bonds. The van der Waals surface area contributed by atoms with Crippen molar-refractivity contribution in [1.29, 1.82) is 0 Å². The van der Waals surface area contributed by atoms with Gasteiger partial charge in [0.15, 0.2) is 0 Å². The van der Waals surface area contributed by atoms with Crippen LogP contribution in [0.1, 0.15) is 0 Å². The van der Waals surface area contributed by atoms with Gasteiger partial charge in [-0.15, -0.1) is 11.6 Å². The van der Waals surface area contributed by atoms with E-state index >= 15 is 0 Å². The lowest BCUT2D eigenvalue weighted by Gasteiger charge is -2.13. The van der Waals surface area contributed by atoms with Crippen molar-refractivity contribution in [3.8, 4) is 0 Å². The summed E-state index contributed by atoms with van der Waals surface area (Å²) in [6.45, 7) is 0. The number of sulfonamides is 1. The number of amides is 1. The molecule has 1 rings (SSSR count). The SMILES string of the molecule is CN(C)S(=O)(=O)c1ccc(NC(=O)CCl)cc1Cl. The molecule has 0 aliphatic carbocycles. The zero-order chi connectivity index (χ0) is 13.9. The molecule has 0 unspecified atom stereocenters. The maximum absolute atomic E-state index is 11.9. The highest BCUT2D eigenvalue weighted by Crippen LogP contribution is 2.26. The normalized spacial score (nSPS) is 11.6. The number of nitrogens with zero attached hydrogens (tertiary/aromatic N) is 1. The molecule has 0 aromatic heterocycles. The van der Waals surface area contributed by atoms with E-state index in [4.69, 9.17) is 23.2 Å². The first kappa shape index (κ1) is 15.2. The van der Waals surface area contributed by atoms with Crippen LogP contribution in [0.2, 0.25) is 5.02 Å². The number of halogens is 2. The summed E-state index contributed by atoms with van der Waals surface area (Å²) in [5, 5.41) is 2.51. The van der Waals surface area contributed by atoms with Crippen LogP contribution in [0.15, 0.2) is 23.1 Å². The maximum atomic E-state index is 11.9. The number of carbonyl (C=O) groups is 1. The summed E-state index contributed by atoms with van der Waals surface area (Å²) in [4.78, 5) is 11.1. The standard InChI is InChI=1S/C10H12Cl2N2O3S/c1-14(2)18(16,17)9-4-3-7(5-8(9)12)13-10(15)6-11/h3-5H,6H2,1-2H3,(H,13,15). The Labute approximate surface area is 116 Å². The second-order valence-corrected chi connectivity index (χ2v) is 6.41. The van der Waals surface area contributed by atoms with Crippen LogP contribution < -0.4 is 5.32 Å². The Morgan fingerprint density at radius 2 is 2.00 bits per heavy atom.